The fourth-order valence-corrected chi connectivity index (χ4v) is 4.99. The highest BCUT2D eigenvalue weighted by Crippen LogP contribution is 2.55. The van der Waals surface area contributed by atoms with Crippen LogP contribution in [0.25, 0.3) is 10.2 Å². The van der Waals surface area contributed by atoms with Crippen molar-refractivity contribution in [3.05, 3.63) is 39.9 Å². The lowest BCUT2D eigenvalue weighted by molar-refractivity contribution is 0.518. The summed E-state index contributed by atoms with van der Waals surface area (Å²) in [5, 5.41) is 3.57. The molecule has 3 aromatic rings. The normalized spacial score (nSPS) is 17.2. The van der Waals surface area contributed by atoms with Gasteiger partial charge in [0.15, 0.2) is 0 Å². The van der Waals surface area contributed by atoms with Gasteiger partial charge in [0.05, 0.1) is 23.0 Å². The molecule has 3 aromatic heterocycles. The van der Waals surface area contributed by atoms with Crippen molar-refractivity contribution in [1.29, 1.82) is 0 Å². The summed E-state index contributed by atoms with van der Waals surface area (Å²) in [6, 6.07) is 3.92. The van der Waals surface area contributed by atoms with E-state index in [2.05, 4.69) is 29.1 Å². The fraction of sp³-hybridized carbons (Fsp3) is 0.412. The van der Waals surface area contributed by atoms with Crippen LogP contribution >= 0.6 is 22.9 Å². The van der Waals surface area contributed by atoms with E-state index < -0.39 is 0 Å². The number of nitrogens with two attached hydrogens (primary N) is 1. The number of anilines is 1. The SMILES string of the molecule is Cc1c(C2(C(C)N)CC2)sc2c(NCc3ccco3)nc(Cl)nc12. The topological polar surface area (TPSA) is 77.0 Å². The van der Waals surface area contributed by atoms with E-state index in [1.165, 1.54) is 10.4 Å². The molecule has 3 N–H and O–H groups in total. The van der Waals surface area contributed by atoms with E-state index in [0.29, 0.717) is 6.54 Å². The van der Waals surface area contributed by atoms with Crippen molar-refractivity contribution in [3.63, 3.8) is 0 Å². The van der Waals surface area contributed by atoms with Gasteiger partial charge in [-0.05, 0) is 56.0 Å². The Balaban J connectivity index is 1.77. The minimum Gasteiger partial charge on any atom is -0.467 e. The van der Waals surface area contributed by atoms with Gasteiger partial charge < -0.3 is 15.5 Å². The van der Waals surface area contributed by atoms with Crippen molar-refractivity contribution >= 4 is 39.0 Å². The summed E-state index contributed by atoms with van der Waals surface area (Å²) in [5.41, 5.74) is 8.46. The standard InChI is InChI=1S/C17H19ClN4OS/c1-9-12-13(24-14(9)17(5-6-17)10(2)19)15(22-16(18)21-12)20-8-11-4-3-7-23-11/h3-4,7,10H,5-6,8,19H2,1-2H3,(H,20,21,22). The Kier molecular flexibility index (Phi) is 3.78. The molecule has 0 radical (unpaired) electrons. The van der Waals surface area contributed by atoms with Gasteiger partial charge in [0, 0.05) is 16.3 Å². The van der Waals surface area contributed by atoms with Crippen LogP contribution in [0.1, 0.15) is 36.0 Å². The second-order valence-corrected chi connectivity index (χ2v) is 7.81. The van der Waals surface area contributed by atoms with Crippen LogP contribution in [-0.4, -0.2) is 16.0 Å². The Labute approximate surface area is 149 Å². The number of thiophene rings is 1. The van der Waals surface area contributed by atoms with Crippen molar-refractivity contribution in [2.45, 2.75) is 44.7 Å². The van der Waals surface area contributed by atoms with Crippen LogP contribution in [0, 0.1) is 6.92 Å². The van der Waals surface area contributed by atoms with Crippen molar-refractivity contribution in [1.82, 2.24) is 9.97 Å². The molecule has 1 atom stereocenters. The third-order valence-electron chi connectivity index (χ3n) is 4.86. The fourth-order valence-electron chi connectivity index (χ4n) is 3.26. The number of halogens is 1. The van der Waals surface area contributed by atoms with Crippen molar-refractivity contribution in [2.24, 2.45) is 5.73 Å². The van der Waals surface area contributed by atoms with E-state index >= 15 is 0 Å². The molecule has 5 nitrogen and oxygen atoms in total. The van der Waals surface area contributed by atoms with Crippen molar-refractivity contribution in [3.8, 4) is 0 Å². The average molecular weight is 363 g/mol. The molecule has 0 saturated heterocycles. The van der Waals surface area contributed by atoms with Gasteiger partial charge in [-0.2, -0.15) is 4.98 Å². The first-order chi connectivity index (χ1) is 11.5. The summed E-state index contributed by atoms with van der Waals surface area (Å²) < 4.78 is 6.40. The first kappa shape index (κ1) is 15.9. The maximum absolute atomic E-state index is 6.26. The predicted molar refractivity (Wildman–Crippen MR) is 97.8 cm³/mol. The number of furan rings is 1. The lowest BCUT2D eigenvalue weighted by atomic mass is 9.94. The summed E-state index contributed by atoms with van der Waals surface area (Å²) in [7, 11) is 0. The zero-order chi connectivity index (χ0) is 16.9. The molecule has 0 amide bonds. The van der Waals surface area contributed by atoms with Crippen molar-refractivity contribution < 1.29 is 4.42 Å². The van der Waals surface area contributed by atoms with Gasteiger partial charge in [0.1, 0.15) is 11.6 Å². The molecule has 1 saturated carbocycles. The average Bonchev–Trinajstić information content (AvgIpc) is 3.06. The van der Waals surface area contributed by atoms with E-state index in [-0.39, 0.29) is 16.7 Å². The van der Waals surface area contributed by atoms with E-state index in [1.54, 1.807) is 17.6 Å². The van der Waals surface area contributed by atoms with Crippen LogP contribution in [0.4, 0.5) is 5.82 Å². The lowest BCUT2D eigenvalue weighted by Crippen LogP contribution is -2.31. The smallest absolute Gasteiger partial charge is 0.224 e. The number of hydrogen-bond donors (Lipinski definition) is 2. The van der Waals surface area contributed by atoms with Crippen LogP contribution in [-0.2, 0) is 12.0 Å². The van der Waals surface area contributed by atoms with Gasteiger partial charge >= 0.3 is 0 Å². The van der Waals surface area contributed by atoms with Crippen LogP contribution in [0.15, 0.2) is 22.8 Å². The van der Waals surface area contributed by atoms with Gasteiger partial charge in [-0.25, -0.2) is 4.98 Å². The zero-order valence-corrected chi connectivity index (χ0v) is 15.2. The maximum atomic E-state index is 6.26. The molecule has 1 aliphatic carbocycles. The van der Waals surface area contributed by atoms with E-state index in [9.17, 15) is 0 Å². The maximum Gasteiger partial charge on any atom is 0.224 e. The summed E-state index contributed by atoms with van der Waals surface area (Å²) in [4.78, 5) is 10.2. The van der Waals surface area contributed by atoms with Crippen LogP contribution in [0.2, 0.25) is 5.28 Å². The molecule has 4 rings (SSSR count). The van der Waals surface area contributed by atoms with Gasteiger partial charge in [-0.1, -0.05) is 0 Å². The van der Waals surface area contributed by atoms with Crippen molar-refractivity contribution in [2.75, 3.05) is 5.32 Å². The Morgan fingerprint density at radius 2 is 2.25 bits per heavy atom. The Morgan fingerprint density at radius 3 is 2.88 bits per heavy atom. The minimum absolute atomic E-state index is 0.0974. The molecular formula is C17H19ClN4OS. The van der Waals surface area contributed by atoms with Gasteiger partial charge in [-0.3, -0.25) is 0 Å². The molecule has 0 aromatic carbocycles. The summed E-state index contributed by atoms with van der Waals surface area (Å²) in [6.45, 7) is 4.75. The largest absolute Gasteiger partial charge is 0.467 e. The second kappa shape index (κ2) is 5.72. The molecule has 24 heavy (non-hydrogen) atoms. The minimum atomic E-state index is 0.0974. The van der Waals surface area contributed by atoms with Gasteiger partial charge in [0.2, 0.25) is 5.28 Å². The molecule has 0 bridgehead atoms. The molecular weight excluding hydrogens is 344 g/mol. The quantitative estimate of drug-likeness (QED) is 0.664. The number of aryl methyl sites for hydroxylation is 1. The summed E-state index contributed by atoms with van der Waals surface area (Å²) in [6.07, 6.45) is 3.93. The molecule has 126 valence electrons. The highest BCUT2D eigenvalue weighted by Gasteiger charge is 2.49. The number of hydrogen-bond acceptors (Lipinski definition) is 6. The molecule has 1 fully saturated rings. The van der Waals surface area contributed by atoms with Gasteiger partial charge in [-0.15, -0.1) is 11.3 Å². The van der Waals surface area contributed by atoms with E-state index in [1.807, 2.05) is 12.1 Å². The van der Waals surface area contributed by atoms with E-state index in [4.69, 9.17) is 21.8 Å². The predicted octanol–water partition coefficient (Wildman–Crippen LogP) is 4.24. The van der Waals surface area contributed by atoms with Crippen LogP contribution in [0.5, 0.6) is 0 Å². The highest BCUT2D eigenvalue weighted by molar-refractivity contribution is 7.20. The Hall–Kier alpha value is -1.63. The number of rotatable bonds is 5. The number of aromatic nitrogens is 2. The number of fused-ring (bicyclic) bond motifs is 1. The molecule has 3 heterocycles. The summed E-state index contributed by atoms with van der Waals surface area (Å²) in [5.74, 6) is 1.60. The number of nitrogens with one attached hydrogen (secondary N) is 1. The summed E-state index contributed by atoms with van der Waals surface area (Å²) >= 11 is 7.89. The molecule has 0 spiro atoms. The van der Waals surface area contributed by atoms with Crippen LogP contribution < -0.4 is 11.1 Å². The molecule has 7 heteroatoms. The second-order valence-electron chi connectivity index (χ2n) is 6.45. The van der Waals surface area contributed by atoms with Gasteiger partial charge in [0.25, 0.3) is 0 Å². The Bertz CT molecular complexity index is 884. The monoisotopic (exact) mass is 362 g/mol. The molecule has 1 unspecified atom stereocenters. The number of nitrogens with zero attached hydrogens (tertiary/aromatic N) is 2. The third-order valence-corrected chi connectivity index (χ3v) is 6.54. The first-order valence-corrected chi connectivity index (χ1v) is 9.19. The zero-order valence-electron chi connectivity index (χ0n) is 13.6. The first-order valence-electron chi connectivity index (χ1n) is 8.00. The molecule has 0 aliphatic heterocycles. The van der Waals surface area contributed by atoms with E-state index in [0.717, 1.165) is 34.6 Å². The molecule has 1 aliphatic rings. The Morgan fingerprint density at radius 1 is 1.46 bits per heavy atom. The van der Waals surface area contributed by atoms with Crippen LogP contribution in [0.3, 0.4) is 0 Å². The highest BCUT2D eigenvalue weighted by atomic mass is 35.5. The third kappa shape index (κ3) is 2.49. The lowest BCUT2D eigenvalue weighted by Gasteiger charge is -2.18.